The molecule has 0 spiro atoms. The smallest absolute Gasteiger partial charge is 0.0688 e. The van der Waals surface area contributed by atoms with E-state index in [0.29, 0.717) is 6.04 Å². The van der Waals surface area contributed by atoms with Crippen LogP contribution in [-0.2, 0) is 10.8 Å². The number of fused-ring (bicyclic) bond motifs is 1. The van der Waals surface area contributed by atoms with Crippen molar-refractivity contribution in [2.24, 2.45) is 0 Å². The van der Waals surface area contributed by atoms with Crippen LogP contribution in [0.1, 0.15) is 63.6 Å². The largest absolute Gasteiger partial charge is 0.371 e. The van der Waals surface area contributed by atoms with Gasteiger partial charge in [-0.2, -0.15) is 0 Å². The Balaban J connectivity index is 1.64. The zero-order chi connectivity index (χ0) is 18.8. The summed E-state index contributed by atoms with van der Waals surface area (Å²) >= 11 is 0. The number of benzene rings is 1. The average Bonchev–Trinajstić information content (AvgIpc) is 3.03. The first-order valence-electron chi connectivity index (χ1n) is 10.6. The molecule has 1 fully saturated rings. The summed E-state index contributed by atoms with van der Waals surface area (Å²) in [6.45, 7) is 13.3. The van der Waals surface area contributed by atoms with Crippen LogP contribution in [0.2, 0.25) is 0 Å². The van der Waals surface area contributed by atoms with Gasteiger partial charge in [0.1, 0.15) is 0 Å². The molecule has 0 amide bonds. The van der Waals surface area contributed by atoms with E-state index in [1.807, 2.05) is 0 Å². The molecule has 0 bridgehead atoms. The van der Waals surface area contributed by atoms with Crippen molar-refractivity contribution in [1.82, 2.24) is 4.90 Å². The molecular formula is C25H32N2. The Bertz CT molecular complexity index is 827. The molecule has 1 atom stereocenters. The molecule has 0 aromatic heterocycles. The van der Waals surface area contributed by atoms with Crippen LogP contribution in [0.3, 0.4) is 0 Å². The van der Waals surface area contributed by atoms with Crippen LogP contribution in [0, 0.1) is 0 Å². The van der Waals surface area contributed by atoms with Crippen LogP contribution in [-0.4, -0.2) is 30.6 Å². The van der Waals surface area contributed by atoms with Crippen LogP contribution >= 0.6 is 0 Å². The van der Waals surface area contributed by atoms with Gasteiger partial charge in [-0.05, 0) is 76.8 Å². The van der Waals surface area contributed by atoms with Crippen molar-refractivity contribution in [2.45, 2.75) is 63.8 Å². The lowest BCUT2D eigenvalue weighted by atomic mass is 9.69. The Labute approximate surface area is 164 Å². The summed E-state index contributed by atoms with van der Waals surface area (Å²) in [7, 11) is 0. The second-order valence-corrected chi connectivity index (χ2v) is 10.1. The minimum atomic E-state index is 0.262. The molecule has 4 heterocycles. The summed E-state index contributed by atoms with van der Waals surface area (Å²) in [6, 6.07) is 5.47. The third-order valence-electron chi connectivity index (χ3n) is 7.35. The summed E-state index contributed by atoms with van der Waals surface area (Å²) in [4.78, 5) is 5.12. The lowest BCUT2D eigenvalue weighted by Gasteiger charge is -2.48. The van der Waals surface area contributed by atoms with E-state index in [1.54, 1.807) is 22.4 Å². The molecule has 0 saturated carbocycles. The van der Waals surface area contributed by atoms with Gasteiger partial charge in [-0.25, -0.2) is 0 Å². The molecule has 1 aromatic rings. The zero-order valence-electron chi connectivity index (χ0n) is 17.3. The third-order valence-corrected chi connectivity index (χ3v) is 7.35. The quantitative estimate of drug-likeness (QED) is 0.662. The number of hydrogen-bond acceptors (Lipinski definition) is 2. The fourth-order valence-corrected chi connectivity index (χ4v) is 5.41. The van der Waals surface area contributed by atoms with E-state index >= 15 is 0 Å². The number of rotatable bonds is 1. The highest BCUT2D eigenvalue weighted by Crippen LogP contribution is 2.49. The van der Waals surface area contributed by atoms with Gasteiger partial charge in [0.2, 0.25) is 0 Å². The Morgan fingerprint density at radius 2 is 1.59 bits per heavy atom. The second kappa shape index (κ2) is 5.77. The first kappa shape index (κ1) is 17.2. The van der Waals surface area contributed by atoms with Crippen molar-refractivity contribution in [1.29, 1.82) is 0 Å². The van der Waals surface area contributed by atoms with Crippen molar-refractivity contribution in [3.05, 3.63) is 58.8 Å². The van der Waals surface area contributed by atoms with Gasteiger partial charge >= 0.3 is 0 Å². The van der Waals surface area contributed by atoms with Gasteiger partial charge in [0.15, 0.2) is 0 Å². The molecule has 0 radical (unpaired) electrons. The van der Waals surface area contributed by atoms with Crippen LogP contribution in [0.5, 0.6) is 0 Å². The van der Waals surface area contributed by atoms with E-state index in [-0.39, 0.29) is 10.8 Å². The highest BCUT2D eigenvalue weighted by molar-refractivity contribution is 5.72. The Morgan fingerprint density at radius 3 is 2.26 bits per heavy atom. The molecule has 1 saturated heterocycles. The maximum Gasteiger partial charge on any atom is 0.0688 e. The van der Waals surface area contributed by atoms with Gasteiger partial charge in [0.25, 0.3) is 0 Å². The van der Waals surface area contributed by atoms with Crippen molar-refractivity contribution < 1.29 is 0 Å². The van der Waals surface area contributed by atoms with Crippen LogP contribution in [0.15, 0.2) is 42.1 Å². The number of hydrogen-bond donors (Lipinski definition) is 0. The number of anilines is 1. The number of nitrogens with zero attached hydrogens (tertiary/aromatic N) is 2. The van der Waals surface area contributed by atoms with E-state index in [2.05, 4.69) is 80.1 Å². The number of allylic oxidation sites excluding steroid dienone is 2. The molecule has 1 aromatic carbocycles. The highest BCUT2D eigenvalue weighted by atomic mass is 15.2. The van der Waals surface area contributed by atoms with Crippen molar-refractivity contribution in [2.75, 3.05) is 24.5 Å². The molecule has 2 nitrogen and oxygen atoms in total. The van der Waals surface area contributed by atoms with E-state index in [4.69, 9.17) is 0 Å². The summed E-state index contributed by atoms with van der Waals surface area (Å²) < 4.78 is 0. The molecule has 1 unspecified atom stereocenters. The van der Waals surface area contributed by atoms with Crippen LogP contribution in [0.4, 0.5) is 5.69 Å². The minimum Gasteiger partial charge on any atom is -0.371 e. The molecular weight excluding hydrogens is 328 g/mol. The monoisotopic (exact) mass is 360 g/mol. The van der Waals surface area contributed by atoms with Gasteiger partial charge in [0.05, 0.1) is 6.04 Å². The highest BCUT2D eigenvalue weighted by Gasteiger charge is 2.40. The van der Waals surface area contributed by atoms with Gasteiger partial charge < -0.3 is 9.80 Å². The average molecular weight is 361 g/mol. The molecule has 4 aliphatic heterocycles. The van der Waals surface area contributed by atoms with Crippen LogP contribution in [0.25, 0.3) is 6.08 Å². The first-order chi connectivity index (χ1) is 12.9. The normalized spacial score (nSPS) is 28.4. The molecule has 2 heteroatoms. The minimum absolute atomic E-state index is 0.262. The molecule has 5 rings (SSSR count). The molecule has 4 aliphatic rings. The third kappa shape index (κ3) is 2.68. The topological polar surface area (TPSA) is 6.48 Å². The van der Waals surface area contributed by atoms with Gasteiger partial charge in [-0.15, -0.1) is 0 Å². The SMILES string of the molecule is CC1(C)CCN2CCC(C)(C)c3cc(/C=C4\CCN5C=CC=CC45)cc1c32. The van der Waals surface area contributed by atoms with Gasteiger partial charge in [-0.1, -0.05) is 45.9 Å². The predicted molar refractivity (Wildman–Crippen MR) is 115 cm³/mol. The van der Waals surface area contributed by atoms with Crippen molar-refractivity contribution in [3.63, 3.8) is 0 Å². The zero-order valence-corrected chi connectivity index (χ0v) is 17.3. The maximum atomic E-state index is 2.66. The Hall–Kier alpha value is -1.96. The van der Waals surface area contributed by atoms with E-state index < -0.39 is 0 Å². The van der Waals surface area contributed by atoms with Gasteiger partial charge in [-0.3, -0.25) is 0 Å². The predicted octanol–water partition coefficient (Wildman–Crippen LogP) is 5.40. The lowest BCUT2D eigenvalue weighted by Crippen LogP contribution is -2.44. The molecule has 0 aliphatic carbocycles. The fourth-order valence-electron chi connectivity index (χ4n) is 5.41. The van der Waals surface area contributed by atoms with Gasteiger partial charge in [0, 0.05) is 25.3 Å². The van der Waals surface area contributed by atoms with Crippen molar-refractivity contribution >= 4 is 11.8 Å². The Morgan fingerprint density at radius 1 is 0.926 bits per heavy atom. The molecule has 142 valence electrons. The van der Waals surface area contributed by atoms with Crippen LogP contribution < -0.4 is 4.90 Å². The molecule has 27 heavy (non-hydrogen) atoms. The summed E-state index contributed by atoms with van der Waals surface area (Å²) in [5, 5.41) is 0. The summed E-state index contributed by atoms with van der Waals surface area (Å²) in [5.74, 6) is 0. The maximum absolute atomic E-state index is 2.66. The Kier molecular flexibility index (Phi) is 3.67. The van der Waals surface area contributed by atoms with Crippen molar-refractivity contribution in [3.8, 4) is 0 Å². The second-order valence-electron chi connectivity index (χ2n) is 10.1. The summed E-state index contributed by atoms with van der Waals surface area (Å²) in [5.41, 5.74) is 8.18. The standard InChI is InChI=1S/C25H32N2/c1-24(2)9-13-27-14-10-25(3,4)21-17-18(16-20(24)23(21)27)15-19-8-12-26-11-6-5-7-22(19)26/h5-7,11,15-17,22H,8-10,12-14H2,1-4H3/b19-15+. The summed E-state index contributed by atoms with van der Waals surface area (Å²) in [6.07, 6.45) is 15.1. The molecule has 0 N–H and O–H groups in total. The first-order valence-corrected chi connectivity index (χ1v) is 10.6. The van der Waals surface area contributed by atoms with E-state index in [1.165, 1.54) is 37.9 Å². The van der Waals surface area contributed by atoms with E-state index in [0.717, 1.165) is 6.54 Å². The lowest BCUT2D eigenvalue weighted by molar-refractivity contribution is 0.401. The fraction of sp³-hybridized carbons (Fsp3) is 0.520. The van der Waals surface area contributed by atoms with E-state index in [9.17, 15) is 0 Å².